The molecule has 3 aliphatic carbocycles. The quantitative estimate of drug-likeness (QED) is 0.541. The van der Waals surface area contributed by atoms with Crippen LogP contribution < -0.4 is 0 Å². The highest BCUT2D eigenvalue weighted by Gasteiger charge is 2.84. The smallest absolute Gasteiger partial charge is 0.126 e. The molecule has 1 saturated heterocycles. The first-order valence-electron chi connectivity index (χ1n) is 12.0. The van der Waals surface area contributed by atoms with Gasteiger partial charge in [0.15, 0.2) is 0 Å². The predicted octanol–water partition coefficient (Wildman–Crippen LogP) is 4.46. The maximum absolute atomic E-state index is 11.8. The van der Waals surface area contributed by atoms with Crippen molar-refractivity contribution in [3.63, 3.8) is 0 Å². The van der Waals surface area contributed by atoms with Crippen molar-refractivity contribution in [2.24, 2.45) is 22.4 Å². The summed E-state index contributed by atoms with van der Waals surface area (Å²) in [6.45, 7) is 3.56. The van der Waals surface area contributed by atoms with Crippen LogP contribution in [-0.4, -0.2) is 42.2 Å². The second-order valence-electron chi connectivity index (χ2n) is 10.9. The highest BCUT2D eigenvalue weighted by molar-refractivity contribution is 5.47. The molecule has 1 aromatic rings. The van der Waals surface area contributed by atoms with E-state index in [0.717, 1.165) is 44.1 Å². The van der Waals surface area contributed by atoms with E-state index < -0.39 is 5.60 Å². The normalized spacial score (nSPS) is 46.1. The van der Waals surface area contributed by atoms with Gasteiger partial charge < -0.3 is 19.3 Å². The molecule has 1 aromatic carbocycles. The van der Waals surface area contributed by atoms with Gasteiger partial charge >= 0.3 is 0 Å². The van der Waals surface area contributed by atoms with Crippen LogP contribution in [0.15, 0.2) is 41.3 Å². The van der Waals surface area contributed by atoms with E-state index in [4.69, 9.17) is 14.2 Å². The lowest BCUT2D eigenvalue weighted by molar-refractivity contribution is -0.147. The minimum Gasteiger partial charge on any atom is -0.501 e. The van der Waals surface area contributed by atoms with Crippen molar-refractivity contribution < 1.29 is 19.3 Å². The molecule has 5 aliphatic rings. The molecular formula is C26H33NO5. The maximum atomic E-state index is 11.8. The molecule has 0 aromatic heterocycles. The molecule has 0 radical (unpaired) electrons. The molecule has 3 saturated carbocycles. The highest BCUT2D eigenvalue weighted by atomic mass is 16.6. The van der Waals surface area contributed by atoms with Crippen LogP contribution in [0.4, 0.5) is 0 Å². The van der Waals surface area contributed by atoms with Crippen molar-refractivity contribution >= 4 is 0 Å². The number of rotatable bonds is 5. The van der Waals surface area contributed by atoms with Crippen molar-refractivity contribution in [1.82, 2.24) is 0 Å². The SMILES string of the molecule is COC[C@]1(O)CCC2C3CCC4=COCC[C@]45O[C@]35C(c3ccc(CN=O)cc3)C[C@@]21C. The molecule has 6 nitrogen and oxygen atoms in total. The summed E-state index contributed by atoms with van der Waals surface area (Å²) in [7, 11) is 1.69. The fourth-order valence-electron chi connectivity index (χ4n) is 8.39. The Morgan fingerprint density at radius 3 is 2.75 bits per heavy atom. The average Bonchev–Trinajstić information content (AvgIpc) is 3.39. The van der Waals surface area contributed by atoms with Gasteiger partial charge in [-0.25, -0.2) is 0 Å². The highest BCUT2D eigenvalue weighted by Crippen LogP contribution is 2.78. The van der Waals surface area contributed by atoms with Gasteiger partial charge in [-0.05, 0) is 60.6 Å². The van der Waals surface area contributed by atoms with Crippen LogP contribution in [0.2, 0.25) is 0 Å². The maximum Gasteiger partial charge on any atom is 0.126 e. The van der Waals surface area contributed by atoms with Crippen LogP contribution in [0.25, 0.3) is 0 Å². The molecule has 4 fully saturated rings. The third-order valence-electron chi connectivity index (χ3n) is 9.92. The number of nitrogens with zero attached hydrogens (tertiary/aromatic N) is 1. The van der Waals surface area contributed by atoms with Gasteiger partial charge in [0.1, 0.15) is 17.7 Å². The van der Waals surface area contributed by atoms with Crippen LogP contribution >= 0.6 is 0 Å². The van der Waals surface area contributed by atoms with Crippen LogP contribution in [0.5, 0.6) is 0 Å². The summed E-state index contributed by atoms with van der Waals surface area (Å²) in [6, 6.07) is 8.34. The van der Waals surface area contributed by atoms with Crippen molar-refractivity contribution in [3.05, 3.63) is 52.1 Å². The minimum absolute atomic E-state index is 0.176. The van der Waals surface area contributed by atoms with Crippen molar-refractivity contribution in [1.29, 1.82) is 0 Å². The predicted molar refractivity (Wildman–Crippen MR) is 119 cm³/mol. The molecule has 3 unspecified atom stereocenters. The van der Waals surface area contributed by atoms with Crippen LogP contribution in [0.3, 0.4) is 0 Å². The second kappa shape index (κ2) is 6.87. The molecule has 0 bridgehead atoms. The minimum atomic E-state index is -0.818. The summed E-state index contributed by atoms with van der Waals surface area (Å²) in [6.07, 6.45) is 7.63. The molecule has 6 rings (SSSR count). The van der Waals surface area contributed by atoms with E-state index in [1.165, 1.54) is 11.1 Å². The summed E-state index contributed by atoms with van der Waals surface area (Å²) in [5.74, 6) is 1.00. The van der Waals surface area contributed by atoms with Crippen LogP contribution in [0, 0.1) is 22.2 Å². The third-order valence-corrected chi connectivity index (χ3v) is 9.92. The van der Waals surface area contributed by atoms with E-state index >= 15 is 0 Å². The molecule has 2 heterocycles. The molecule has 0 amide bonds. The lowest BCUT2D eigenvalue weighted by Crippen LogP contribution is -2.60. The Labute approximate surface area is 189 Å². The van der Waals surface area contributed by atoms with Crippen molar-refractivity contribution in [2.45, 2.75) is 74.7 Å². The van der Waals surface area contributed by atoms with Crippen molar-refractivity contribution in [2.75, 3.05) is 20.3 Å². The van der Waals surface area contributed by atoms with Gasteiger partial charge in [0.25, 0.3) is 0 Å². The number of hydrogen-bond acceptors (Lipinski definition) is 6. The van der Waals surface area contributed by atoms with Gasteiger partial charge in [0, 0.05) is 24.9 Å². The number of nitroso groups, excluding NO2 is 1. The number of fused-ring (bicyclic) bond motifs is 2. The van der Waals surface area contributed by atoms with Crippen LogP contribution in [-0.2, 0) is 20.8 Å². The average molecular weight is 440 g/mol. The Morgan fingerprint density at radius 2 is 2.00 bits per heavy atom. The van der Waals surface area contributed by atoms with E-state index in [-0.39, 0.29) is 29.1 Å². The summed E-state index contributed by atoms with van der Waals surface area (Å²) in [5, 5.41) is 14.8. The van der Waals surface area contributed by atoms with Crippen LogP contribution in [0.1, 0.15) is 62.5 Å². The Kier molecular flexibility index (Phi) is 4.47. The summed E-state index contributed by atoms with van der Waals surface area (Å²) >= 11 is 0. The second-order valence-corrected chi connectivity index (χ2v) is 10.9. The standard InChI is InChI=1S/C26H33NO5/c1-23-13-22(18-5-3-17(4-6-18)14-27-29)26-21(20(23)9-10-24(23,28)16-30-2)8-7-19-15-31-12-11-25(19,26)32-26/h3-6,15,20-22,28H,7-14,16H2,1-2H3/t20?,21?,22?,23-,24+,25-,26-/m0/s1. The summed E-state index contributed by atoms with van der Waals surface area (Å²) in [4.78, 5) is 10.7. The molecule has 2 spiro atoms. The van der Waals surface area contributed by atoms with Gasteiger partial charge in [0.05, 0.1) is 25.1 Å². The topological polar surface area (TPSA) is 80.7 Å². The van der Waals surface area contributed by atoms with E-state index in [0.29, 0.717) is 25.0 Å². The molecular weight excluding hydrogens is 406 g/mol. The first-order valence-corrected chi connectivity index (χ1v) is 12.0. The third kappa shape index (κ3) is 2.41. The fourth-order valence-corrected chi connectivity index (χ4v) is 8.39. The summed E-state index contributed by atoms with van der Waals surface area (Å²) < 4.78 is 18.2. The zero-order chi connectivity index (χ0) is 22.2. The van der Waals surface area contributed by atoms with Gasteiger partial charge in [-0.3, -0.25) is 0 Å². The Hall–Kier alpha value is -1.76. The monoisotopic (exact) mass is 439 g/mol. The lowest BCUT2D eigenvalue weighted by Gasteiger charge is -2.56. The van der Waals surface area contributed by atoms with Crippen molar-refractivity contribution in [3.8, 4) is 0 Å². The fraction of sp³-hybridized carbons (Fsp3) is 0.692. The van der Waals surface area contributed by atoms with E-state index in [2.05, 4.69) is 24.2 Å². The van der Waals surface area contributed by atoms with Gasteiger partial charge in [-0.1, -0.05) is 36.4 Å². The molecule has 172 valence electrons. The molecule has 6 heteroatoms. The molecule has 1 N–H and O–H groups in total. The Balaban J connectivity index is 1.47. The van der Waals surface area contributed by atoms with E-state index in [1.807, 2.05) is 18.4 Å². The molecule has 32 heavy (non-hydrogen) atoms. The first-order chi connectivity index (χ1) is 15.4. The number of ether oxygens (including phenoxy) is 3. The largest absolute Gasteiger partial charge is 0.501 e. The number of epoxide rings is 1. The summed E-state index contributed by atoms with van der Waals surface area (Å²) in [5.41, 5.74) is 1.99. The number of benzene rings is 1. The lowest BCUT2D eigenvalue weighted by atomic mass is 9.47. The zero-order valence-corrected chi connectivity index (χ0v) is 19.0. The Bertz CT molecular complexity index is 961. The number of methoxy groups -OCH3 is 1. The van der Waals surface area contributed by atoms with Gasteiger partial charge in [-0.15, -0.1) is 0 Å². The number of aliphatic hydroxyl groups is 1. The number of hydrogen-bond donors (Lipinski definition) is 1. The van der Waals surface area contributed by atoms with E-state index in [9.17, 15) is 10.0 Å². The van der Waals surface area contributed by atoms with Gasteiger partial charge in [-0.2, -0.15) is 4.91 Å². The Morgan fingerprint density at radius 1 is 1.19 bits per heavy atom. The first kappa shape index (κ1) is 20.8. The zero-order valence-electron chi connectivity index (χ0n) is 19.0. The molecule has 7 atom stereocenters. The molecule has 2 aliphatic heterocycles. The van der Waals surface area contributed by atoms with E-state index in [1.54, 1.807) is 7.11 Å². The van der Waals surface area contributed by atoms with Gasteiger partial charge in [0.2, 0.25) is 0 Å².